The fraction of sp³-hybridized carbons (Fsp3) is 0.261. The van der Waals surface area contributed by atoms with Gasteiger partial charge in [-0.25, -0.2) is 4.79 Å². The minimum Gasteiger partial charge on any atom is -0.318 e. The van der Waals surface area contributed by atoms with Crippen molar-refractivity contribution in [2.24, 2.45) is 0 Å². The molecule has 4 amide bonds. The van der Waals surface area contributed by atoms with Crippen LogP contribution in [0.1, 0.15) is 37.1 Å². The van der Waals surface area contributed by atoms with Gasteiger partial charge in [0.15, 0.2) is 5.16 Å². The predicted octanol–water partition coefficient (Wildman–Crippen LogP) is 2.74. The minimum atomic E-state index is -1.24. The van der Waals surface area contributed by atoms with Crippen LogP contribution in [0.3, 0.4) is 0 Å². The van der Waals surface area contributed by atoms with E-state index in [-0.39, 0.29) is 5.75 Å². The number of hydrogen-bond acceptors (Lipinski definition) is 6. The van der Waals surface area contributed by atoms with E-state index in [4.69, 9.17) is 0 Å². The van der Waals surface area contributed by atoms with Gasteiger partial charge in [-0.1, -0.05) is 60.3 Å². The van der Waals surface area contributed by atoms with E-state index >= 15 is 0 Å². The summed E-state index contributed by atoms with van der Waals surface area (Å²) in [5.74, 6) is 0.200. The number of hydrazine groups is 1. The van der Waals surface area contributed by atoms with Crippen molar-refractivity contribution in [3.63, 3.8) is 0 Å². The Kier molecular flexibility index (Phi) is 5.37. The molecule has 1 aliphatic heterocycles. The summed E-state index contributed by atoms with van der Waals surface area (Å²) in [6.45, 7) is 1.62. The van der Waals surface area contributed by atoms with Crippen LogP contribution >= 0.6 is 11.8 Å². The van der Waals surface area contributed by atoms with Crippen molar-refractivity contribution in [3.8, 4) is 5.69 Å². The van der Waals surface area contributed by atoms with Crippen LogP contribution in [0.25, 0.3) is 5.69 Å². The summed E-state index contributed by atoms with van der Waals surface area (Å²) in [6.07, 6.45) is 2.14. The molecule has 1 saturated carbocycles. The molecule has 2 aliphatic rings. The minimum absolute atomic E-state index is 0.0330. The van der Waals surface area contributed by atoms with Crippen LogP contribution in [-0.4, -0.2) is 43.4 Å². The van der Waals surface area contributed by atoms with E-state index in [0.717, 1.165) is 29.4 Å². The van der Waals surface area contributed by atoms with Gasteiger partial charge in [0.2, 0.25) is 5.91 Å². The number of hydrogen-bond donors (Lipinski definition) is 2. The van der Waals surface area contributed by atoms with Gasteiger partial charge in [0.25, 0.3) is 5.91 Å². The van der Waals surface area contributed by atoms with Gasteiger partial charge in [0, 0.05) is 11.6 Å². The average molecular weight is 463 g/mol. The molecule has 2 fully saturated rings. The van der Waals surface area contributed by atoms with Crippen LogP contribution in [0.2, 0.25) is 0 Å². The molecule has 10 heteroatoms. The molecule has 0 unspecified atom stereocenters. The first-order valence-corrected chi connectivity index (χ1v) is 11.6. The van der Waals surface area contributed by atoms with Gasteiger partial charge in [0.05, 0.1) is 5.75 Å². The van der Waals surface area contributed by atoms with E-state index in [9.17, 15) is 14.4 Å². The first-order chi connectivity index (χ1) is 16.0. The van der Waals surface area contributed by atoms with E-state index < -0.39 is 23.4 Å². The third kappa shape index (κ3) is 3.97. The molecule has 5 rings (SSSR count). The standard InChI is InChI=1S/C23H22N6O3S/c1-23(16-8-4-2-5-9-16)20(31)29(21(32)24-23)27-18(30)14-33-22-26-25-19(15-12-13-15)28(22)17-10-6-3-7-11-17/h2-11,15H,12-14H2,1H3,(H,24,32)(H,27,30)/t23-/m1/s1. The van der Waals surface area contributed by atoms with Gasteiger partial charge in [-0.2, -0.15) is 5.01 Å². The maximum Gasteiger partial charge on any atom is 0.344 e. The second kappa shape index (κ2) is 8.36. The lowest BCUT2D eigenvalue weighted by atomic mass is 9.92. The molecule has 2 aromatic carbocycles. The number of benzene rings is 2. The quantitative estimate of drug-likeness (QED) is 0.413. The first-order valence-electron chi connectivity index (χ1n) is 10.6. The third-order valence-electron chi connectivity index (χ3n) is 5.73. The molecule has 0 bridgehead atoms. The topological polar surface area (TPSA) is 109 Å². The number of thioether (sulfide) groups is 1. The highest BCUT2D eigenvalue weighted by molar-refractivity contribution is 7.99. The van der Waals surface area contributed by atoms with Crippen molar-refractivity contribution in [1.29, 1.82) is 0 Å². The Bertz CT molecular complexity index is 1210. The normalized spacial score (nSPS) is 20.1. The summed E-state index contributed by atoms with van der Waals surface area (Å²) in [6, 6.07) is 18.0. The Morgan fingerprint density at radius 2 is 1.76 bits per heavy atom. The number of urea groups is 1. The van der Waals surface area contributed by atoms with Crippen LogP contribution < -0.4 is 10.7 Å². The van der Waals surface area contributed by atoms with Crippen LogP contribution in [0.4, 0.5) is 4.79 Å². The van der Waals surface area contributed by atoms with E-state index in [1.54, 1.807) is 31.2 Å². The van der Waals surface area contributed by atoms with Gasteiger partial charge in [-0.05, 0) is 37.5 Å². The van der Waals surface area contributed by atoms with Crippen molar-refractivity contribution < 1.29 is 14.4 Å². The summed E-state index contributed by atoms with van der Waals surface area (Å²) < 4.78 is 1.97. The number of para-hydroxylation sites is 1. The van der Waals surface area contributed by atoms with E-state index in [1.165, 1.54) is 11.8 Å². The second-order valence-corrected chi connectivity index (χ2v) is 9.11. The maximum atomic E-state index is 13.0. The molecular formula is C23H22N6O3S. The van der Waals surface area contributed by atoms with Crippen LogP contribution in [0.15, 0.2) is 65.8 Å². The highest BCUT2D eigenvalue weighted by Gasteiger charge is 2.50. The summed E-state index contributed by atoms with van der Waals surface area (Å²) in [5, 5.41) is 12.6. The molecule has 1 aromatic heterocycles. The first kappa shape index (κ1) is 21.2. The lowest BCUT2D eigenvalue weighted by Gasteiger charge is -2.22. The molecule has 1 saturated heterocycles. The van der Waals surface area contributed by atoms with Crippen molar-refractivity contribution in [2.45, 2.75) is 36.4 Å². The smallest absolute Gasteiger partial charge is 0.318 e. The molecule has 1 atom stereocenters. The Labute approximate surface area is 194 Å². The van der Waals surface area contributed by atoms with Crippen LogP contribution in [-0.2, 0) is 15.1 Å². The van der Waals surface area contributed by atoms with Crippen molar-refractivity contribution >= 4 is 29.6 Å². The molecule has 9 nitrogen and oxygen atoms in total. The lowest BCUT2D eigenvalue weighted by Crippen LogP contribution is -2.48. The van der Waals surface area contributed by atoms with Crippen LogP contribution in [0, 0.1) is 0 Å². The van der Waals surface area contributed by atoms with Gasteiger partial charge in [-0.3, -0.25) is 19.6 Å². The van der Waals surface area contributed by atoms with E-state index in [2.05, 4.69) is 20.9 Å². The number of rotatable bonds is 7. The Balaban J connectivity index is 1.28. The fourth-order valence-electron chi connectivity index (χ4n) is 3.80. The Hall–Kier alpha value is -3.66. The molecule has 168 valence electrons. The molecule has 33 heavy (non-hydrogen) atoms. The van der Waals surface area contributed by atoms with E-state index in [1.807, 2.05) is 41.0 Å². The number of amides is 4. The SMILES string of the molecule is C[C@]1(c2ccccc2)NC(=O)N(NC(=O)CSc2nnc(C3CC3)n2-c2ccccc2)C1=O. The molecule has 0 spiro atoms. The van der Waals surface area contributed by atoms with Gasteiger partial charge in [-0.15, -0.1) is 10.2 Å². The van der Waals surface area contributed by atoms with E-state index in [0.29, 0.717) is 16.6 Å². The average Bonchev–Trinajstić information content (AvgIpc) is 3.56. The number of nitrogens with one attached hydrogen (secondary N) is 2. The highest BCUT2D eigenvalue weighted by Crippen LogP contribution is 2.41. The molecule has 0 radical (unpaired) electrons. The monoisotopic (exact) mass is 462 g/mol. The fourth-order valence-corrected chi connectivity index (χ4v) is 4.55. The van der Waals surface area contributed by atoms with Gasteiger partial charge < -0.3 is 5.32 Å². The molecule has 2 N–H and O–H groups in total. The van der Waals surface area contributed by atoms with Gasteiger partial charge >= 0.3 is 6.03 Å². The number of imide groups is 1. The maximum absolute atomic E-state index is 13.0. The molecular weight excluding hydrogens is 440 g/mol. The van der Waals surface area contributed by atoms with Gasteiger partial charge in [0.1, 0.15) is 11.4 Å². The molecule has 3 aromatic rings. The zero-order valence-corrected chi connectivity index (χ0v) is 18.7. The summed E-state index contributed by atoms with van der Waals surface area (Å²) in [7, 11) is 0. The highest BCUT2D eigenvalue weighted by atomic mass is 32.2. The number of aromatic nitrogens is 3. The number of carbonyl (C=O) groups is 3. The second-order valence-electron chi connectivity index (χ2n) is 8.17. The molecule has 1 aliphatic carbocycles. The molecule has 2 heterocycles. The number of carbonyl (C=O) groups excluding carboxylic acids is 3. The van der Waals surface area contributed by atoms with Crippen molar-refractivity contribution in [1.82, 2.24) is 30.5 Å². The summed E-state index contributed by atoms with van der Waals surface area (Å²) >= 11 is 1.21. The van der Waals surface area contributed by atoms with Crippen LogP contribution in [0.5, 0.6) is 0 Å². The summed E-state index contributed by atoms with van der Waals surface area (Å²) in [5.41, 5.74) is 2.75. The number of nitrogens with zero attached hydrogens (tertiary/aromatic N) is 4. The predicted molar refractivity (Wildman–Crippen MR) is 121 cm³/mol. The van der Waals surface area contributed by atoms with Crippen molar-refractivity contribution in [3.05, 3.63) is 72.1 Å². The van der Waals surface area contributed by atoms with Crippen molar-refractivity contribution in [2.75, 3.05) is 5.75 Å². The Morgan fingerprint density at radius 1 is 1.09 bits per heavy atom. The summed E-state index contributed by atoms with van der Waals surface area (Å²) in [4.78, 5) is 38.1. The zero-order valence-electron chi connectivity index (χ0n) is 17.9. The largest absolute Gasteiger partial charge is 0.344 e. The zero-order chi connectivity index (χ0) is 23.0. The Morgan fingerprint density at radius 3 is 2.42 bits per heavy atom. The lowest BCUT2D eigenvalue weighted by molar-refractivity contribution is -0.138. The third-order valence-corrected chi connectivity index (χ3v) is 6.66.